The van der Waals surface area contributed by atoms with Crippen molar-refractivity contribution in [3.8, 4) is 5.75 Å². The van der Waals surface area contributed by atoms with Crippen molar-refractivity contribution in [2.45, 2.75) is 24.5 Å². The van der Waals surface area contributed by atoms with Gasteiger partial charge in [0.2, 0.25) is 11.8 Å². The Morgan fingerprint density at radius 2 is 1.73 bits per heavy atom. The molecular weight excluding hydrogens is 482 g/mol. The predicted molar refractivity (Wildman–Crippen MR) is 129 cm³/mol. The van der Waals surface area contributed by atoms with Crippen molar-refractivity contribution in [2.24, 2.45) is 29.4 Å². The Balaban J connectivity index is 1.84. The molecule has 3 aliphatic carbocycles. The number of carbonyl (C=O) groups is 6. The zero-order valence-electron chi connectivity index (χ0n) is 20.9. The Morgan fingerprint density at radius 1 is 1.08 bits per heavy atom. The number of nitrogens with zero attached hydrogens (tertiary/aromatic N) is 2. The number of primary amides is 1. The summed E-state index contributed by atoms with van der Waals surface area (Å²) < 4.78 is 0. The van der Waals surface area contributed by atoms with Crippen LogP contribution in [-0.2, 0) is 30.4 Å². The van der Waals surface area contributed by atoms with Crippen LogP contribution >= 0.6 is 0 Å². The van der Waals surface area contributed by atoms with Crippen LogP contribution in [0.3, 0.4) is 0 Å². The minimum atomic E-state index is -2.76. The molecule has 0 radical (unpaired) electrons. The molecular formula is C26H29N3O8. The Hall–Kier alpha value is -3.70. The van der Waals surface area contributed by atoms with Crippen LogP contribution in [-0.4, -0.2) is 94.8 Å². The van der Waals surface area contributed by atoms with E-state index >= 15 is 0 Å². The Morgan fingerprint density at radius 3 is 2.30 bits per heavy atom. The van der Waals surface area contributed by atoms with Crippen LogP contribution in [0.25, 0.3) is 6.08 Å². The first-order chi connectivity index (χ1) is 17.2. The van der Waals surface area contributed by atoms with E-state index in [0.717, 1.165) is 0 Å². The lowest BCUT2D eigenvalue weighted by Crippen LogP contribution is -2.74. The maximum Gasteiger partial charge on any atom is 0.246 e. The van der Waals surface area contributed by atoms with E-state index in [1.807, 2.05) is 0 Å². The Labute approximate surface area is 212 Å². The number of phenolic OH excluding ortho intramolecular Hbond substituents is 1. The van der Waals surface area contributed by atoms with E-state index in [1.54, 1.807) is 20.2 Å². The van der Waals surface area contributed by atoms with Gasteiger partial charge in [-0.15, -0.1) is 0 Å². The minimum absolute atomic E-state index is 0.0423. The van der Waals surface area contributed by atoms with Gasteiger partial charge in [-0.25, -0.2) is 0 Å². The lowest BCUT2D eigenvalue weighted by molar-refractivity contribution is -0.181. The number of ketones is 4. The second kappa shape index (κ2) is 9.00. The summed E-state index contributed by atoms with van der Waals surface area (Å²) >= 11 is 0. The molecule has 0 bridgehead atoms. The number of hydrogen-bond donors (Lipinski definition) is 3. The van der Waals surface area contributed by atoms with Gasteiger partial charge in [0.05, 0.1) is 17.5 Å². The van der Waals surface area contributed by atoms with Crippen LogP contribution in [0, 0.1) is 23.7 Å². The molecule has 11 nitrogen and oxygen atoms in total. The fourth-order valence-electron chi connectivity index (χ4n) is 6.10. The summed E-state index contributed by atoms with van der Waals surface area (Å²) in [6.07, 6.45) is 2.91. The molecule has 37 heavy (non-hydrogen) atoms. The summed E-state index contributed by atoms with van der Waals surface area (Å²) in [4.78, 5) is 80.6. The van der Waals surface area contributed by atoms with Gasteiger partial charge in [-0.2, -0.15) is 0 Å². The summed E-state index contributed by atoms with van der Waals surface area (Å²) in [5, 5.41) is 22.1. The second-order valence-electron chi connectivity index (χ2n) is 10.4. The van der Waals surface area contributed by atoms with E-state index in [1.165, 1.54) is 42.1 Å². The Bertz CT molecular complexity index is 1280. The summed E-state index contributed by atoms with van der Waals surface area (Å²) in [6.45, 7) is 0. The molecule has 6 atom stereocenters. The fourth-order valence-corrected chi connectivity index (χ4v) is 6.10. The van der Waals surface area contributed by atoms with Crippen LogP contribution < -0.4 is 5.73 Å². The number of amides is 2. The van der Waals surface area contributed by atoms with E-state index < -0.39 is 64.4 Å². The molecule has 0 aromatic heterocycles. The van der Waals surface area contributed by atoms with Gasteiger partial charge < -0.3 is 20.8 Å². The van der Waals surface area contributed by atoms with Gasteiger partial charge in [0, 0.05) is 26.1 Å². The quantitative estimate of drug-likeness (QED) is 0.337. The number of aliphatic hydroxyl groups is 1. The molecule has 2 fully saturated rings. The van der Waals surface area contributed by atoms with E-state index in [2.05, 4.69) is 0 Å². The number of carbonyl (C=O) groups excluding carboxylic acids is 6. The van der Waals surface area contributed by atoms with Crippen LogP contribution in [0.4, 0.5) is 0 Å². The van der Waals surface area contributed by atoms with Crippen LogP contribution in [0.15, 0.2) is 18.2 Å². The van der Waals surface area contributed by atoms with Crippen molar-refractivity contribution in [3.63, 3.8) is 0 Å². The topological polar surface area (TPSA) is 175 Å². The lowest BCUT2D eigenvalue weighted by Gasteiger charge is -2.52. The Kier molecular flexibility index (Phi) is 6.41. The van der Waals surface area contributed by atoms with Gasteiger partial charge in [-0.05, 0) is 56.1 Å². The number of hydrogen-bond acceptors (Lipinski definition) is 9. The molecule has 0 heterocycles. The average Bonchev–Trinajstić information content (AvgIpc) is 2.80. The first-order valence-electron chi connectivity index (χ1n) is 11.8. The van der Waals surface area contributed by atoms with Crippen molar-refractivity contribution in [1.29, 1.82) is 0 Å². The number of benzene rings is 1. The third-order valence-corrected chi connectivity index (χ3v) is 7.83. The van der Waals surface area contributed by atoms with Crippen LogP contribution in [0.2, 0.25) is 0 Å². The first-order valence-corrected chi connectivity index (χ1v) is 11.8. The molecule has 0 spiro atoms. The molecule has 196 valence electrons. The highest BCUT2D eigenvalue weighted by Crippen LogP contribution is 2.51. The SMILES string of the molecule is CN(C)C(=O)C=Cc1ccc(O)c2c1C[C@@H]1C[C@@H]3[C@@H](N(C)C)C(=O)C(C(N)=O)C(=O)[C@]3(O)C(=O)C1C2=O. The van der Waals surface area contributed by atoms with Crippen molar-refractivity contribution < 1.29 is 39.0 Å². The predicted octanol–water partition coefficient (Wildman–Crippen LogP) is -1.03. The maximum absolute atomic E-state index is 13.8. The molecule has 11 heteroatoms. The van der Waals surface area contributed by atoms with Gasteiger partial charge in [-0.1, -0.05) is 6.07 Å². The number of Topliss-reactive ketones (excluding diaryl/α,β-unsaturated/α-hetero) is 4. The standard InChI is InChI=1S/C26H29N3O8/c1-28(2)16(31)8-6-11-5-7-15(30)18-13(11)9-12-10-14-20(29(3)4)22(33)19(25(27)36)24(35)26(14,37)23(34)17(12)21(18)32/h5-8,12,14,17,19-20,30,37H,9-10H2,1-4H3,(H2,27,36)/t12-,14-,17?,19?,20-,26-/m1/s1. The highest BCUT2D eigenvalue weighted by atomic mass is 16.3. The van der Waals surface area contributed by atoms with Gasteiger partial charge in [0.25, 0.3) is 0 Å². The third kappa shape index (κ3) is 3.80. The molecule has 2 amide bonds. The van der Waals surface area contributed by atoms with Crippen molar-refractivity contribution in [3.05, 3.63) is 34.9 Å². The smallest absolute Gasteiger partial charge is 0.246 e. The molecule has 1 aromatic carbocycles. The van der Waals surface area contributed by atoms with Crippen molar-refractivity contribution >= 4 is 41.0 Å². The fraction of sp³-hybridized carbons (Fsp3) is 0.462. The largest absolute Gasteiger partial charge is 0.507 e. The third-order valence-electron chi connectivity index (χ3n) is 7.83. The molecule has 2 saturated carbocycles. The van der Waals surface area contributed by atoms with Gasteiger partial charge >= 0.3 is 0 Å². The number of aromatic hydroxyl groups is 1. The highest BCUT2D eigenvalue weighted by molar-refractivity contribution is 6.32. The number of fused-ring (bicyclic) bond motifs is 3. The summed E-state index contributed by atoms with van der Waals surface area (Å²) in [6, 6.07) is 1.66. The molecule has 4 N–H and O–H groups in total. The number of likely N-dealkylation sites (N-methyl/N-ethyl adjacent to an activating group) is 2. The summed E-state index contributed by atoms with van der Waals surface area (Å²) in [5.74, 6) is -11.3. The highest BCUT2D eigenvalue weighted by Gasteiger charge is 2.69. The zero-order chi connectivity index (χ0) is 27.6. The molecule has 0 saturated heterocycles. The number of nitrogens with two attached hydrogens (primary N) is 1. The summed E-state index contributed by atoms with van der Waals surface area (Å²) in [7, 11) is 6.21. The first kappa shape index (κ1) is 26.4. The van der Waals surface area contributed by atoms with E-state index in [0.29, 0.717) is 11.1 Å². The summed E-state index contributed by atoms with van der Waals surface area (Å²) in [5.41, 5.74) is 3.35. The molecule has 4 rings (SSSR count). The van der Waals surface area contributed by atoms with E-state index in [4.69, 9.17) is 5.73 Å². The maximum atomic E-state index is 13.8. The number of rotatable bonds is 4. The monoisotopic (exact) mass is 511 g/mol. The minimum Gasteiger partial charge on any atom is -0.507 e. The zero-order valence-corrected chi connectivity index (χ0v) is 20.9. The van der Waals surface area contributed by atoms with Gasteiger partial charge in [0.15, 0.2) is 34.7 Å². The molecule has 3 aliphatic rings. The molecule has 0 aliphatic heterocycles. The second-order valence-corrected chi connectivity index (χ2v) is 10.4. The van der Waals surface area contributed by atoms with Gasteiger partial charge in [0.1, 0.15) is 5.75 Å². The lowest BCUT2D eigenvalue weighted by atomic mass is 9.52. The van der Waals surface area contributed by atoms with Crippen molar-refractivity contribution in [2.75, 3.05) is 28.2 Å². The normalized spacial score (nSPS) is 31.2. The molecule has 1 aromatic rings. The van der Waals surface area contributed by atoms with Crippen molar-refractivity contribution in [1.82, 2.24) is 9.80 Å². The van der Waals surface area contributed by atoms with Crippen LogP contribution in [0.1, 0.15) is 27.9 Å². The van der Waals surface area contributed by atoms with Gasteiger partial charge in [-0.3, -0.25) is 33.7 Å². The average molecular weight is 512 g/mol. The van der Waals surface area contributed by atoms with E-state index in [9.17, 15) is 39.0 Å². The van der Waals surface area contributed by atoms with E-state index in [-0.39, 0.29) is 30.1 Å². The van der Waals surface area contributed by atoms with Crippen LogP contribution in [0.5, 0.6) is 5.75 Å². The molecule has 2 unspecified atom stereocenters. The number of phenols is 1.